The summed E-state index contributed by atoms with van der Waals surface area (Å²) in [5.74, 6) is -0.820. The molecule has 0 radical (unpaired) electrons. The molecular formula is C27H26F3NO3. The molecule has 7 heteroatoms. The van der Waals surface area contributed by atoms with E-state index in [0.717, 1.165) is 10.5 Å². The molecule has 0 aromatic heterocycles. The van der Waals surface area contributed by atoms with Crippen molar-refractivity contribution in [1.82, 2.24) is 0 Å². The second kappa shape index (κ2) is 9.41. The van der Waals surface area contributed by atoms with E-state index in [-0.39, 0.29) is 17.7 Å². The van der Waals surface area contributed by atoms with Crippen molar-refractivity contribution in [3.05, 3.63) is 90.0 Å². The molecule has 1 fully saturated rings. The van der Waals surface area contributed by atoms with Gasteiger partial charge in [-0.1, -0.05) is 42.5 Å². The average molecular weight is 470 g/mol. The van der Waals surface area contributed by atoms with Crippen molar-refractivity contribution in [2.45, 2.75) is 31.0 Å². The van der Waals surface area contributed by atoms with Gasteiger partial charge in [-0.2, -0.15) is 13.2 Å². The molecule has 1 amide bonds. The van der Waals surface area contributed by atoms with Crippen LogP contribution in [0.5, 0.6) is 11.5 Å². The van der Waals surface area contributed by atoms with Crippen LogP contribution in [0.15, 0.2) is 78.9 Å². The Bertz CT molecular complexity index is 1110. The minimum atomic E-state index is -4.70. The van der Waals surface area contributed by atoms with Crippen LogP contribution < -0.4 is 14.4 Å². The SMILES string of the molecule is COc1ccc(N2C(=O)C(CCCc3ccccc3)[C@]2(c2ccc(OC)cc2)C(F)(F)F)cc1. The summed E-state index contributed by atoms with van der Waals surface area (Å²) in [4.78, 5) is 14.2. The molecule has 0 N–H and O–H groups in total. The number of methoxy groups -OCH3 is 2. The molecule has 1 saturated heterocycles. The summed E-state index contributed by atoms with van der Waals surface area (Å²) in [6.07, 6.45) is -3.52. The van der Waals surface area contributed by atoms with E-state index in [2.05, 4.69) is 0 Å². The fourth-order valence-electron chi connectivity index (χ4n) is 4.81. The number of nitrogens with zero attached hydrogens (tertiary/aromatic N) is 1. The number of carbonyl (C=O) groups excluding carboxylic acids is 1. The lowest BCUT2D eigenvalue weighted by Crippen LogP contribution is -2.75. The Kier molecular flexibility index (Phi) is 6.55. The largest absolute Gasteiger partial charge is 0.497 e. The van der Waals surface area contributed by atoms with Crippen molar-refractivity contribution >= 4 is 11.6 Å². The van der Waals surface area contributed by atoms with E-state index in [4.69, 9.17) is 9.47 Å². The Morgan fingerprint density at radius 1 is 0.853 bits per heavy atom. The first-order valence-electron chi connectivity index (χ1n) is 11.1. The van der Waals surface area contributed by atoms with Gasteiger partial charge in [0.2, 0.25) is 5.91 Å². The first-order valence-corrected chi connectivity index (χ1v) is 11.1. The summed E-state index contributed by atoms with van der Waals surface area (Å²) in [6.45, 7) is 0. The third-order valence-electron chi connectivity index (χ3n) is 6.47. The van der Waals surface area contributed by atoms with Crippen molar-refractivity contribution in [3.63, 3.8) is 0 Å². The second-order valence-electron chi connectivity index (χ2n) is 8.29. The maximum atomic E-state index is 15.0. The Labute approximate surface area is 196 Å². The highest BCUT2D eigenvalue weighted by molar-refractivity contribution is 6.05. The number of halogens is 3. The van der Waals surface area contributed by atoms with E-state index in [1.807, 2.05) is 30.3 Å². The first kappa shape index (κ1) is 23.7. The van der Waals surface area contributed by atoms with Crippen LogP contribution in [-0.4, -0.2) is 26.3 Å². The first-order chi connectivity index (χ1) is 16.3. The zero-order chi connectivity index (χ0) is 24.3. The molecular weight excluding hydrogens is 443 g/mol. The quantitative estimate of drug-likeness (QED) is 0.372. The number of anilines is 1. The molecule has 4 nitrogen and oxygen atoms in total. The van der Waals surface area contributed by atoms with Gasteiger partial charge in [0, 0.05) is 5.69 Å². The molecule has 3 aromatic carbocycles. The third kappa shape index (κ3) is 4.00. The predicted octanol–water partition coefficient (Wildman–Crippen LogP) is 6.15. The number of β-lactam (4-membered cyclic amide) rings is 1. The van der Waals surface area contributed by atoms with Crippen LogP contribution in [0.1, 0.15) is 24.0 Å². The second-order valence-corrected chi connectivity index (χ2v) is 8.29. The van der Waals surface area contributed by atoms with Crippen LogP contribution in [0.3, 0.4) is 0 Å². The van der Waals surface area contributed by atoms with Crippen LogP contribution in [0, 0.1) is 5.92 Å². The normalized spacial score (nSPS) is 20.1. The predicted molar refractivity (Wildman–Crippen MR) is 124 cm³/mol. The minimum absolute atomic E-state index is 0.0147. The highest BCUT2D eigenvalue weighted by Gasteiger charge is 2.74. The van der Waals surface area contributed by atoms with Gasteiger partial charge in [0.15, 0.2) is 5.54 Å². The number of ether oxygens (including phenoxy) is 2. The van der Waals surface area contributed by atoms with Crippen LogP contribution in [0.25, 0.3) is 0 Å². The number of hydrogen-bond donors (Lipinski definition) is 0. The summed E-state index contributed by atoms with van der Waals surface area (Å²) >= 11 is 0. The Hall–Kier alpha value is -3.48. The summed E-state index contributed by atoms with van der Waals surface area (Å²) in [6, 6.07) is 21.4. The van der Waals surface area contributed by atoms with E-state index < -0.39 is 23.5 Å². The van der Waals surface area contributed by atoms with Gasteiger partial charge in [-0.25, -0.2) is 0 Å². The minimum Gasteiger partial charge on any atom is -0.497 e. The van der Waals surface area contributed by atoms with Gasteiger partial charge in [-0.05, 0) is 66.8 Å². The smallest absolute Gasteiger partial charge is 0.417 e. The molecule has 0 saturated carbocycles. The molecule has 1 aliphatic heterocycles. The standard InChI is InChI=1S/C27H26F3NO3/c1-33-22-15-11-20(12-16-22)26(27(28,29)30)24(10-6-9-19-7-4-3-5-8-19)25(32)31(26)21-13-17-23(34-2)18-14-21/h3-5,7-8,11-18,24H,6,9-10H2,1-2H3/t24?,26-/m1/s1. The highest BCUT2D eigenvalue weighted by atomic mass is 19.4. The topological polar surface area (TPSA) is 38.8 Å². The molecule has 34 heavy (non-hydrogen) atoms. The number of amides is 1. The molecule has 1 aliphatic rings. The molecule has 0 spiro atoms. The van der Waals surface area contributed by atoms with Crippen molar-refractivity contribution in [2.75, 3.05) is 19.1 Å². The number of benzene rings is 3. The zero-order valence-corrected chi connectivity index (χ0v) is 19.0. The van der Waals surface area contributed by atoms with Crippen LogP contribution in [0.4, 0.5) is 18.9 Å². The zero-order valence-electron chi connectivity index (χ0n) is 19.0. The van der Waals surface area contributed by atoms with Gasteiger partial charge in [-0.15, -0.1) is 0 Å². The van der Waals surface area contributed by atoms with E-state index in [9.17, 15) is 4.79 Å². The molecule has 0 aliphatic carbocycles. The van der Waals surface area contributed by atoms with E-state index >= 15 is 13.2 Å². The maximum absolute atomic E-state index is 15.0. The molecule has 1 unspecified atom stereocenters. The van der Waals surface area contributed by atoms with Gasteiger partial charge in [-0.3, -0.25) is 9.69 Å². The molecule has 2 atom stereocenters. The van der Waals surface area contributed by atoms with E-state index in [0.29, 0.717) is 24.3 Å². The fraction of sp³-hybridized carbons (Fsp3) is 0.296. The van der Waals surface area contributed by atoms with Crippen LogP contribution in [0.2, 0.25) is 0 Å². The van der Waals surface area contributed by atoms with Crippen molar-refractivity contribution in [3.8, 4) is 11.5 Å². The van der Waals surface area contributed by atoms with Crippen molar-refractivity contribution in [2.24, 2.45) is 5.92 Å². The molecule has 1 heterocycles. The molecule has 0 bridgehead atoms. The van der Waals surface area contributed by atoms with Gasteiger partial charge in [0.1, 0.15) is 11.5 Å². The van der Waals surface area contributed by atoms with E-state index in [1.54, 1.807) is 12.1 Å². The number of alkyl halides is 3. The number of carbonyl (C=O) groups is 1. The summed E-state index contributed by atoms with van der Waals surface area (Å²) in [5.41, 5.74) is -1.25. The monoisotopic (exact) mass is 469 g/mol. The highest BCUT2D eigenvalue weighted by Crippen LogP contribution is 2.59. The molecule has 3 aromatic rings. The van der Waals surface area contributed by atoms with Crippen LogP contribution >= 0.6 is 0 Å². The van der Waals surface area contributed by atoms with Gasteiger partial charge in [0.25, 0.3) is 0 Å². The van der Waals surface area contributed by atoms with E-state index in [1.165, 1.54) is 50.6 Å². The summed E-state index contributed by atoms with van der Waals surface area (Å²) in [7, 11) is 2.93. The third-order valence-corrected chi connectivity index (χ3v) is 6.47. The lowest BCUT2D eigenvalue weighted by molar-refractivity contribution is -0.226. The maximum Gasteiger partial charge on any atom is 0.417 e. The lowest BCUT2D eigenvalue weighted by atomic mass is 9.65. The molecule has 4 rings (SSSR count). The van der Waals surface area contributed by atoms with Gasteiger partial charge in [0.05, 0.1) is 20.1 Å². The Balaban J connectivity index is 1.74. The van der Waals surface area contributed by atoms with Gasteiger partial charge >= 0.3 is 6.18 Å². The fourth-order valence-corrected chi connectivity index (χ4v) is 4.81. The average Bonchev–Trinajstić information content (AvgIpc) is 2.85. The molecule has 178 valence electrons. The lowest BCUT2D eigenvalue weighted by Gasteiger charge is -2.58. The Morgan fingerprint density at radius 2 is 1.41 bits per heavy atom. The van der Waals surface area contributed by atoms with Crippen LogP contribution in [-0.2, 0) is 16.8 Å². The summed E-state index contributed by atoms with van der Waals surface area (Å²) < 4.78 is 55.4. The number of rotatable bonds is 8. The number of hydrogen-bond acceptors (Lipinski definition) is 3. The summed E-state index contributed by atoms with van der Waals surface area (Å²) in [5, 5.41) is 0. The Morgan fingerprint density at radius 3 is 1.94 bits per heavy atom. The van der Waals surface area contributed by atoms with Crippen molar-refractivity contribution in [1.29, 1.82) is 0 Å². The van der Waals surface area contributed by atoms with Crippen molar-refractivity contribution < 1.29 is 27.4 Å². The number of aryl methyl sites for hydroxylation is 1. The van der Waals surface area contributed by atoms with Gasteiger partial charge < -0.3 is 9.47 Å².